The number of benzene rings is 2. The zero-order valence-corrected chi connectivity index (χ0v) is 12.9. The van der Waals surface area contributed by atoms with E-state index < -0.39 is 5.82 Å². The third-order valence-corrected chi connectivity index (χ3v) is 3.35. The molecule has 0 saturated heterocycles. The van der Waals surface area contributed by atoms with Crippen LogP contribution in [0.5, 0.6) is 5.88 Å². The molecule has 6 heteroatoms. The number of ether oxygens (including phenoxy) is 1. The van der Waals surface area contributed by atoms with Crippen molar-refractivity contribution in [3.8, 4) is 17.1 Å². The monoisotopic (exact) mass is 323 g/mol. The lowest BCUT2D eigenvalue weighted by Crippen LogP contribution is -2.12. The van der Waals surface area contributed by atoms with Gasteiger partial charge in [-0.2, -0.15) is 0 Å². The van der Waals surface area contributed by atoms with E-state index in [-0.39, 0.29) is 11.5 Å². The summed E-state index contributed by atoms with van der Waals surface area (Å²) in [7, 11) is 1.52. The number of amides is 1. The van der Waals surface area contributed by atoms with E-state index in [4.69, 9.17) is 4.74 Å². The highest BCUT2D eigenvalue weighted by atomic mass is 19.1. The molecule has 0 radical (unpaired) electrons. The van der Waals surface area contributed by atoms with Gasteiger partial charge in [-0.1, -0.05) is 18.2 Å². The number of nitrogens with zero attached hydrogens (tertiary/aromatic N) is 2. The van der Waals surface area contributed by atoms with Crippen molar-refractivity contribution in [2.45, 2.75) is 0 Å². The minimum Gasteiger partial charge on any atom is -0.480 e. The molecule has 3 aromatic rings. The fourth-order valence-electron chi connectivity index (χ4n) is 2.17. The summed E-state index contributed by atoms with van der Waals surface area (Å²) < 4.78 is 18.2. The normalized spacial score (nSPS) is 10.2. The number of rotatable bonds is 4. The lowest BCUT2D eigenvalue weighted by atomic mass is 10.1. The molecular formula is C18H14FN3O2. The molecule has 24 heavy (non-hydrogen) atoms. The van der Waals surface area contributed by atoms with Crippen LogP contribution in [-0.2, 0) is 0 Å². The highest BCUT2D eigenvalue weighted by Gasteiger charge is 2.08. The van der Waals surface area contributed by atoms with Crippen molar-refractivity contribution in [2.24, 2.45) is 0 Å². The molecule has 1 amide bonds. The van der Waals surface area contributed by atoms with E-state index in [0.29, 0.717) is 17.3 Å². The second-order valence-corrected chi connectivity index (χ2v) is 5.01. The number of carbonyl (C=O) groups excluding carboxylic acids is 1. The Morgan fingerprint density at radius 3 is 2.58 bits per heavy atom. The van der Waals surface area contributed by atoms with E-state index in [1.54, 1.807) is 36.4 Å². The maximum absolute atomic E-state index is 13.2. The molecule has 0 spiro atoms. The average Bonchev–Trinajstić information content (AvgIpc) is 2.62. The molecule has 0 fully saturated rings. The Labute approximate surface area is 138 Å². The van der Waals surface area contributed by atoms with Crippen molar-refractivity contribution in [1.82, 2.24) is 10.2 Å². The molecule has 5 nitrogen and oxygen atoms in total. The first-order chi connectivity index (χ1) is 11.7. The van der Waals surface area contributed by atoms with Crippen LogP contribution in [0, 0.1) is 5.82 Å². The Balaban J connectivity index is 1.81. The van der Waals surface area contributed by atoms with Crippen LogP contribution in [0.15, 0.2) is 60.7 Å². The summed E-state index contributed by atoms with van der Waals surface area (Å²) in [6.45, 7) is 0. The van der Waals surface area contributed by atoms with Gasteiger partial charge in [0.25, 0.3) is 5.91 Å². The first-order valence-corrected chi connectivity index (χ1v) is 7.21. The Kier molecular flexibility index (Phi) is 4.47. The molecule has 1 aromatic heterocycles. The zero-order valence-electron chi connectivity index (χ0n) is 12.9. The molecule has 0 bridgehead atoms. The lowest BCUT2D eigenvalue weighted by molar-refractivity contribution is 0.102. The van der Waals surface area contributed by atoms with Crippen molar-refractivity contribution in [2.75, 3.05) is 12.4 Å². The van der Waals surface area contributed by atoms with Gasteiger partial charge in [-0.3, -0.25) is 4.79 Å². The van der Waals surface area contributed by atoms with Gasteiger partial charge in [-0.05, 0) is 36.4 Å². The van der Waals surface area contributed by atoms with Gasteiger partial charge in [0.2, 0.25) is 5.88 Å². The van der Waals surface area contributed by atoms with Gasteiger partial charge in [0, 0.05) is 22.9 Å². The molecule has 2 aromatic carbocycles. The number of hydrogen-bond acceptors (Lipinski definition) is 4. The van der Waals surface area contributed by atoms with Gasteiger partial charge in [-0.15, -0.1) is 10.2 Å². The van der Waals surface area contributed by atoms with Gasteiger partial charge >= 0.3 is 0 Å². The third-order valence-electron chi connectivity index (χ3n) is 3.35. The number of carbonyl (C=O) groups is 1. The zero-order chi connectivity index (χ0) is 16.9. The van der Waals surface area contributed by atoms with Crippen LogP contribution in [0.25, 0.3) is 11.3 Å². The minimum atomic E-state index is -0.454. The van der Waals surface area contributed by atoms with Gasteiger partial charge in [0.1, 0.15) is 5.82 Å². The fourth-order valence-corrected chi connectivity index (χ4v) is 2.17. The number of aromatic nitrogens is 2. The van der Waals surface area contributed by atoms with Crippen LogP contribution in [0.1, 0.15) is 10.4 Å². The molecule has 0 saturated carbocycles. The van der Waals surface area contributed by atoms with Crippen LogP contribution in [0.4, 0.5) is 10.1 Å². The van der Waals surface area contributed by atoms with Crippen molar-refractivity contribution in [3.05, 3.63) is 72.0 Å². The quantitative estimate of drug-likeness (QED) is 0.797. The Hall–Kier alpha value is -3.28. The lowest BCUT2D eigenvalue weighted by Gasteiger charge is -2.07. The maximum atomic E-state index is 13.2. The van der Waals surface area contributed by atoms with Crippen molar-refractivity contribution < 1.29 is 13.9 Å². The van der Waals surface area contributed by atoms with E-state index in [1.165, 1.54) is 25.3 Å². The molecule has 0 atom stereocenters. The summed E-state index contributed by atoms with van der Waals surface area (Å²) in [6.07, 6.45) is 0. The molecule has 120 valence electrons. The predicted octanol–water partition coefficient (Wildman–Crippen LogP) is 3.54. The third kappa shape index (κ3) is 3.55. The Morgan fingerprint density at radius 2 is 1.88 bits per heavy atom. The molecule has 0 aliphatic carbocycles. The number of hydrogen-bond donors (Lipinski definition) is 1. The predicted molar refractivity (Wildman–Crippen MR) is 88.4 cm³/mol. The Bertz CT molecular complexity index is 866. The molecule has 0 unspecified atom stereocenters. The summed E-state index contributed by atoms with van der Waals surface area (Å²) in [4.78, 5) is 12.2. The number of halogens is 1. The molecule has 0 aliphatic heterocycles. The molecular weight excluding hydrogens is 309 g/mol. The topological polar surface area (TPSA) is 64.1 Å². The average molecular weight is 323 g/mol. The van der Waals surface area contributed by atoms with Crippen molar-refractivity contribution in [3.63, 3.8) is 0 Å². The van der Waals surface area contributed by atoms with Gasteiger partial charge < -0.3 is 10.1 Å². The molecule has 1 N–H and O–H groups in total. The summed E-state index contributed by atoms with van der Waals surface area (Å²) in [5, 5.41) is 10.7. The van der Waals surface area contributed by atoms with Crippen LogP contribution in [-0.4, -0.2) is 23.2 Å². The first-order valence-electron chi connectivity index (χ1n) is 7.21. The van der Waals surface area contributed by atoms with Crippen LogP contribution < -0.4 is 10.1 Å². The number of anilines is 1. The highest BCUT2D eigenvalue weighted by Crippen LogP contribution is 2.22. The van der Waals surface area contributed by atoms with Crippen molar-refractivity contribution >= 4 is 11.6 Å². The second-order valence-electron chi connectivity index (χ2n) is 5.01. The van der Waals surface area contributed by atoms with Gasteiger partial charge in [0.15, 0.2) is 0 Å². The van der Waals surface area contributed by atoms with Crippen LogP contribution in [0.2, 0.25) is 0 Å². The highest BCUT2D eigenvalue weighted by molar-refractivity contribution is 6.04. The maximum Gasteiger partial charge on any atom is 0.255 e. The minimum absolute atomic E-state index is 0.254. The van der Waals surface area contributed by atoms with E-state index >= 15 is 0 Å². The van der Waals surface area contributed by atoms with E-state index in [2.05, 4.69) is 15.5 Å². The summed E-state index contributed by atoms with van der Waals surface area (Å²) in [5.41, 5.74) is 2.28. The SMILES string of the molecule is COc1ccc(-c2cccc(NC(=O)c3cccc(F)c3)c2)nn1. The summed E-state index contributed by atoms with van der Waals surface area (Å²) in [5.74, 6) is -0.410. The van der Waals surface area contributed by atoms with Crippen LogP contribution in [0.3, 0.4) is 0 Å². The molecule has 1 heterocycles. The summed E-state index contributed by atoms with van der Waals surface area (Å²) >= 11 is 0. The second kappa shape index (κ2) is 6.87. The van der Waals surface area contributed by atoms with E-state index in [9.17, 15) is 9.18 Å². The van der Waals surface area contributed by atoms with Gasteiger partial charge in [0.05, 0.1) is 12.8 Å². The van der Waals surface area contributed by atoms with E-state index in [0.717, 1.165) is 5.56 Å². The van der Waals surface area contributed by atoms with Crippen molar-refractivity contribution in [1.29, 1.82) is 0 Å². The van der Waals surface area contributed by atoms with Gasteiger partial charge in [-0.25, -0.2) is 4.39 Å². The molecule has 3 rings (SSSR count). The fraction of sp³-hybridized carbons (Fsp3) is 0.0556. The largest absolute Gasteiger partial charge is 0.480 e. The van der Waals surface area contributed by atoms with E-state index in [1.807, 2.05) is 6.07 Å². The number of methoxy groups -OCH3 is 1. The van der Waals surface area contributed by atoms with Crippen LogP contribution >= 0.6 is 0 Å². The standard InChI is InChI=1S/C18H14FN3O2/c1-24-17-9-8-16(21-22-17)12-4-3-7-15(11-12)20-18(23)13-5-2-6-14(19)10-13/h2-11H,1H3,(H,20,23). The number of nitrogens with one attached hydrogen (secondary N) is 1. The first kappa shape index (κ1) is 15.6. The summed E-state index contributed by atoms with van der Waals surface area (Å²) in [6, 6.07) is 16.2. The Morgan fingerprint density at radius 1 is 1.04 bits per heavy atom. The molecule has 0 aliphatic rings. The smallest absolute Gasteiger partial charge is 0.255 e.